The fourth-order valence-electron chi connectivity index (χ4n) is 2.26. The van der Waals surface area contributed by atoms with E-state index in [9.17, 15) is 10.1 Å². The number of hydrogen-bond donors (Lipinski definition) is 1. The molecule has 1 N–H and O–H groups in total. The van der Waals surface area contributed by atoms with Gasteiger partial charge in [-0.15, -0.1) is 0 Å². The van der Waals surface area contributed by atoms with Crippen molar-refractivity contribution in [2.45, 2.75) is 13.5 Å². The maximum atomic E-state index is 12.1. The van der Waals surface area contributed by atoms with E-state index in [1.54, 1.807) is 12.3 Å². The molecule has 8 heteroatoms. The van der Waals surface area contributed by atoms with E-state index < -0.39 is 5.97 Å². The van der Waals surface area contributed by atoms with Crippen LogP contribution in [-0.2, 0) is 20.8 Å². The molecule has 0 aliphatic carbocycles. The maximum Gasteiger partial charge on any atom is 0.352 e. The summed E-state index contributed by atoms with van der Waals surface area (Å²) in [6.07, 6.45) is 1.67. The monoisotopic (exact) mass is 350 g/mol. The minimum Gasteiger partial charge on any atom is -0.459 e. The van der Waals surface area contributed by atoms with Gasteiger partial charge < -0.3 is 19.7 Å². The Labute approximate surface area is 145 Å². The van der Waals surface area contributed by atoms with Gasteiger partial charge in [0.15, 0.2) is 5.57 Å². The van der Waals surface area contributed by atoms with Gasteiger partial charge in [-0.3, -0.25) is 0 Å². The number of rotatable bonds is 7. The number of carbonyl (C=O) groups excluding carboxylic acids is 1. The predicted molar refractivity (Wildman–Crippen MR) is 87.8 cm³/mol. The van der Waals surface area contributed by atoms with Crippen LogP contribution < -0.4 is 5.32 Å². The van der Waals surface area contributed by atoms with Crippen molar-refractivity contribution >= 4 is 17.6 Å². The highest BCUT2D eigenvalue weighted by molar-refractivity contribution is 6.29. The zero-order chi connectivity index (χ0) is 17.4. The molecule has 7 nitrogen and oxygen atoms in total. The first-order valence-electron chi connectivity index (χ1n) is 7.64. The zero-order valence-corrected chi connectivity index (χ0v) is 14.2. The molecule has 0 spiro atoms. The number of ether oxygens (including phenoxy) is 2. The number of pyridine rings is 1. The molecule has 0 amide bonds. The Morgan fingerprint density at radius 1 is 1.50 bits per heavy atom. The van der Waals surface area contributed by atoms with Crippen molar-refractivity contribution in [3.63, 3.8) is 0 Å². The molecule has 128 valence electrons. The second kappa shape index (κ2) is 9.11. The van der Waals surface area contributed by atoms with Crippen molar-refractivity contribution in [1.82, 2.24) is 15.2 Å². The number of nitrogens with zero attached hydrogens (tertiary/aromatic N) is 3. The molecule has 1 saturated heterocycles. The molecule has 0 radical (unpaired) electrons. The molecule has 0 aromatic carbocycles. The molecule has 2 rings (SSSR count). The Morgan fingerprint density at radius 2 is 2.33 bits per heavy atom. The second-order valence-corrected chi connectivity index (χ2v) is 5.39. The molecule has 1 aliphatic heterocycles. The standard InChI is InChI=1S/C16H19ClN4O3/c1-2-23-7-8-24-16(22)13(9-18)15-19-5-6-21(15)11-12-3-4-14(17)20-10-12/h3-4,10,19H,2,5-8,11H2,1H3. The minimum atomic E-state index is -0.652. The van der Waals surface area contributed by atoms with Crippen LogP contribution in [0.3, 0.4) is 0 Å². The Bertz CT molecular complexity index is 640. The van der Waals surface area contributed by atoms with Gasteiger partial charge in [0.05, 0.1) is 6.61 Å². The number of nitrogens with one attached hydrogen (secondary N) is 1. The van der Waals surface area contributed by atoms with E-state index >= 15 is 0 Å². The average molecular weight is 351 g/mol. The highest BCUT2D eigenvalue weighted by Crippen LogP contribution is 2.17. The summed E-state index contributed by atoms with van der Waals surface area (Å²) in [6.45, 7) is 4.67. The minimum absolute atomic E-state index is 0.0362. The van der Waals surface area contributed by atoms with Crippen LogP contribution in [0.5, 0.6) is 0 Å². The van der Waals surface area contributed by atoms with Crippen molar-refractivity contribution in [2.75, 3.05) is 32.9 Å². The average Bonchev–Trinajstić information content (AvgIpc) is 3.02. The fraction of sp³-hybridized carbons (Fsp3) is 0.438. The lowest BCUT2D eigenvalue weighted by Crippen LogP contribution is -2.25. The summed E-state index contributed by atoms with van der Waals surface area (Å²) in [5.41, 5.74) is 0.897. The summed E-state index contributed by atoms with van der Waals surface area (Å²) < 4.78 is 10.2. The number of hydrogen-bond acceptors (Lipinski definition) is 7. The first-order valence-corrected chi connectivity index (χ1v) is 8.02. The number of esters is 1. The van der Waals surface area contributed by atoms with Crippen LogP contribution in [0.25, 0.3) is 0 Å². The van der Waals surface area contributed by atoms with E-state index in [1.165, 1.54) is 0 Å². The first-order chi connectivity index (χ1) is 11.7. The molecular weight excluding hydrogens is 332 g/mol. The topological polar surface area (TPSA) is 87.5 Å². The summed E-state index contributed by atoms with van der Waals surface area (Å²) in [6, 6.07) is 5.50. The van der Waals surface area contributed by atoms with Gasteiger partial charge in [0, 0.05) is 32.4 Å². The number of carbonyl (C=O) groups is 1. The summed E-state index contributed by atoms with van der Waals surface area (Å²) in [5.74, 6) is -0.172. The SMILES string of the molecule is CCOCCOC(=O)C(C#N)=C1NCCN1Cc1ccc(Cl)nc1. The summed E-state index contributed by atoms with van der Waals surface area (Å²) in [7, 11) is 0. The molecule has 0 unspecified atom stereocenters. The summed E-state index contributed by atoms with van der Waals surface area (Å²) >= 11 is 5.78. The third kappa shape index (κ3) is 4.85. The normalized spacial score (nSPS) is 15.6. The van der Waals surface area contributed by atoms with Gasteiger partial charge in [0.25, 0.3) is 0 Å². The van der Waals surface area contributed by atoms with Crippen LogP contribution in [0.15, 0.2) is 29.7 Å². The molecule has 0 saturated carbocycles. The second-order valence-electron chi connectivity index (χ2n) is 5.01. The van der Waals surface area contributed by atoms with Gasteiger partial charge in [0.1, 0.15) is 23.7 Å². The molecule has 24 heavy (non-hydrogen) atoms. The Kier molecular flexibility index (Phi) is 6.85. The van der Waals surface area contributed by atoms with E-state index in [2.05, 4.69) is 10.3 Å². The van der Waals surface area contributed by atoms with Crippen LogP contribution in [0.2, 0.25) is 5.15 Å². The predicted octanol–water partition coefficient (Wildman–Crippen LogP) is 1.46. The third-order valence-electron chi connectivity index (χ3n) is 3.37. The molecule has 0 bridgehead atoms. The largest absolute Gasteiger partial charge is 0.459 e. The van der Waals surface area contributed by atoms with E-state index in [0.717, 1.165) is 5.56 Å². The number of nitriles is 1. The third-order valence-corrected chi connectivity index (χ3v) is 3.59. The van der Waals surface area contributed by atoms with Crippen molar-refractivity contribution in [1.29, 1.82) is 5.26 Å². The van der Waals surface area contributed by atoms with E-state index in [4.69, 9.17) is 21.1 Å². The Morgan fingerprint density at radius 3 is 3.00 bits per heavy atom. The van der Waals surface area contributed by atoms with Gasteiger partial charge >= 0.3 is 5.97 Å². The number of halogens is 1. The van der Waals surface area contributed by atoms with Crippen molar-refractivity contribution < 1.29 is 14.3 Å². The van der Waals surface area contributed by atoms with E-state index in [0.29, 0.717) is 43.8 Å². The van der Waals surface area contributed by atoms with Crippen molar-refractivity contribution in [3.8, 4) is 6.07 Å². The maximum absolute atomic E-state index is 12.1. The molecule has 1 aliphatic rings. The van der Waals surface area contributed by atoms with E-state index in [1.807, 2.05) is 24.0 Å². The zero-order valence-electron chi connectivity index (χ0n) is 13.4. The lowest BCUT2D eigenvalue weighted by molar-refractivity contribution is -0.140. The highest BCUT2D eigenvalue weighted by atomic mass is 35.5. The highest BCUT2D eigenvalue weighted by Gasteiger charge is 2.25. The molecule has 1 fully saturated rings. The Balaban J connectivity index is 2.06. The van der Waals surface area contributed by atoms with E-state index in [-0.39, 0.29) is 12.2 Å². The summed E-state index contributed by atoms with van der Waals surface area (Å²) in [5, 5.41) is 12.8. The van der Waals surface area contributed by atoms with Gasteiger partial charge in [-0.2, -0.15) is 5.26 Å². The number of aromatic nitrogens is 1. The van der Waals surface area contributed by atoms with Crippen LogP contribution in [0.1, 0.15) is 12.5 Å². The molecule has 2 heterocycles. The van der Waals surface area contributed by atoms with Gasteiger partial charge in [0.2, 0.25) is 0 Å². The lowest BCUT2D eigenvalue weighted by atomic mass is 10.2. The van der Waals surface area contributed by atoms with Crippen molar-refractivity contribution in [3.05, 3.63) is 40.4 Å². The summed E-state index contributed by atoms with van der Waals surface area (Å²) in [4.78, 5) is 18.1. The molecular formula is C16H19ClN4O3. The van der Waals surface area contributed by atoms with Crippen LogP contribution >= 0.6 is 11.6 Å². The molecule has 0 atom stereocenters. The first kappa shape index (κ1) is 18.0. The van der Waals surface area contributed by atoms with Gasteiger partial charge in [-0.05, 0) is 18.6 Å². The van der Waals surface area contributed by atoms with Crippen LogP contribution in [0, 0.1) is 11.3 Å². The van der Waals surface area contributed by atoms with Crippen molar-refractivity contribution in [2.24, 2.45) is 0 Å². The lowest BCUT2D eigenvalue weighted by Gasteiger charge is -2.19. The van der Waals surface area contributed by atoms with Crippen LogP contribution in [-0.4, -0.2) is 48.8 Å². The van der Waals surface area contributed by atoms with Gasteiger partial charge in [-0.1, -0.05) is 17.7 Å². The van der Waals surface area contributed by atoms with Crippen LogP contribution in [0.4, 0.5) is 0 Å². The Hall–Kier alpha value is -2.30. The quantitative estimate of drug-likeness (QED) is 0.262. The molecule has 1 aromatic rings. The fourth-order valence-corrected chi connectivity index (χ4v) is 2.37. The van der Waals surface area contributed by atoms with Gasteiger partial charge in [-0.25, -0.2) is 9.78 Å². The molecule has 1 aromatic heterocycles. The smallest absolute Gasteiger partial charge is 0.352 e.